The second-order valence-corrected chi connectivity index (χ2v) is 3.67. The highest BCUT2D eigenvalue weighted by Gasteiger charge is 2.03. The molecule has 0 spiro atoms. The van der Waals surface area contributed by atoms with Crippen molar-refractivity contribution in [1.29, 1.82) is 0 Å². The number of aliphatic hydroxyl groups excluding tert-OH is 1. The Bertz CT molecular complexity index is 282. The van der Waals surface area contributed by atoms with Gasteiger partial charge < -0.3 is 14.6 Å². The minimum Gasteiger partial charge on any atom is -0.465 e. The fourth-order valence-corrected chi connectivity index (χ4v) is 1.47. The highest BCUT2D eigenvalue weighted by Crippen LogP contribution is 2.15. The van der Waals surface area contributed by atoms with E-state index in [9.17, 15) is 0 Å². The molecule has 16 heavy (non-hydrogen) atoms. The molecule has 90 valence electrons. The number of hydrogen-bond donors (Lipinski definition) is 1. The van der Waals surface area contributed by atoms with E-state index in [1.54, 1.807) is 0 Å². The van der Waals surface area contributed by atoms with Gasteiger partial charge in [0.05, 0.1) is 13.2 Å². The number of ether oxygens (including phenoxy) is 2. The number of aliphatic hydroxyl groups is 1. The molecule has 0 saturated carbocycles. The van der Waals surface area contributed by atoms with Gasteiger partial charge in [0.1, 0.15) is 5.75 Å². The monoisotopic (exact) mass is 224 g/mol. The molecule has 1 unspecified atom stereocenters. The molecule has 0 saturated heterocycles. The molecular weight excluding hydrogens is 204 g/mol. The summed E-state index contributed by atoms with van der Waals surface area (Å²) in [5, 5.41) is 8.60. The van der Waals surface area contributed by atoms with Gasteiger partial charge in [-0.1, -0.05) is 25.5 Å². The molecule has 0 aliphatic carbocycles. The van der Waals surface area contributed by atoms with Gasteiger partial charge in [-0.15, -0.1) is 0 Å². The number of hydrogen-bond acceptors (Lipinski definition) is 3. The van der Waals surface area contributed by atoms with Crippen LogP contribution in [0, 0.1) is 0 Å². The number of benzene rings is 1. The van der Waals surface area contributed by atoms with Crippen LogP contribution < -0.4 is 4.74 Å². The predicted molar refractivity (Wildman–Crippen MR) is 63.6 cm³/mol. The lowest BCUT2D eigenvalue weighted by molar-refractivity contribution is -0.0760. The molecule has 3 heteroatoms. The Balaban J connectivity index is 2.41. The highest BCUT2D eigenvalue weighted by molar-refractivity contribution is 5.27. The molecule has 1 atom stereocenters. The van der Waals surface area contributed by atoms with E-state index in [-0.39, 0.29) is 12.9 Å². The first-order valence-corrected chi connectivity index (χ1v) is 5.74. The molecule has 0 aromatic heterocycles. The van der Waals surface area contributed by atoms with Crippen LogP contribution in [0.4, 0.5) is 0 Å². The summed E-state index contributed by atoms with van der Waals surface area (Å²) >= 11 is 0. The molecule has 1 aromatic rings. The van der Waals surface area contributed by atoms with Crippen LogP contribution in [0.3, 0.4) is 0 Å². The van der Waals surface area contributed by atoms with Crippen LogP contribution in [0.1, 0.15) is 25.8 Å². The molecule has 0 aliphatic rings. The smallest absolute Gasteiger partial charge is 0.197 e. The third-order valence-electron chi connectivity index (χ3n) is 2.21. The molecule has 0 fully saturated rings. The first-order valence-electron chi connectivity index (χ1n) is 5.74. The zero-order valence-corrected chi connectivity index (χ0v) is 9.98. The van der Waals surface area contributed by atoms with E-state index in [1.165, 1.54) is 5.56 Å². The van der Waals surface area contributed by atoms with E-state index in [4.69, 9.17) is 14.6 Å². The summed E-state index contributed by atoms with van der Waals surface area (Å²) in [6.07, 6.45) is 1.91. The molecule has 1 N–H and O–H groups in total. The second kappa shape index (κ2) is 7.25. The highest BCUT2D eigenvalue weighted by atomic mass is 16.7. The topological polar surface area (TPSA) is 38.7 Å². The first kappa shape index (κ1) is 13.0. The van der Waals surface area contributed by atoms with Gasteiger partial charge in [0.15, 0.2) is 6.29 Å². The third-order valence-corrected chi connectivity index (χ3v) is 2.21. The predicted octanol–water partition coefficient (Wildman–Crippen LogP) is 2.37. The Labute approximate surface area is 97.0 Å². The lowest BCUT2D eigenvalue weighted by Gasteiger charge is -2.14. The summed E-state index contributed by atoms with van der Waals surface area (Å²) in [5.41, 5.74) is 1.32. The van der Waals surface area contributed by atoms with Crippen LogP contribution in [0.15, 0.2) is 24.3 Å². The van der Waals surface area contributed by atoms with Crippen molar-refractivity contribution in [3.05, 3.63) is 29.8 Å². The van der Waals surface area contributed by atoms with Gasteiger partial charge in [-0.2, -0.15) is 0 Å². The van der Waals surface area contributed by atoms with Crippen LogP contribution in [-0.4, -0.2) is 24.6 Å². The molecule has 0 aliphatic heterocycles. The lowest BCUT2D eigenvalue weighted by Crippen LogP contribution is -2.18. The van der Waals surface area contributed by atoms with Crippen molar-refractivity contribution in [3.63, 3.8) is 0 Å². The lowest BCUT2D eigenvalue weighted by atomic mass is 10.1. The van der Waals surface area contributed by atoms with Crippen LogP contribution in [-0.2, 0) is 11.2 Å². The molecule has 1 aromatic carbocycles. The maximum atomic E-state index is 8.60. The molecule has 1 rings (SSSR count). The Morgan fingerprint density at radius 3 is 2.50 bits per heavy atom. The summed E-state index contributed by atoms with van der Waals surface area (Å²) in [6, 6.07) is 8.03. The zero-order chi connectivity index (χ0) is 11.8. The van der Waals surface area contributed by atoms with E-state index < -0.39 is 0 Å². The van der Waals surface area contributed by atoms with Crippen molar-refractivity contribution >= 4 is 0 Å². The van der Waals surface area contributed by atoms with Crippen LogP contribution in [0.25, 0.3) is 0 Å². The average Bonchev–Trinajstić information content (AvgIpc) is 2.29. The van der Waals surface area contributed by atoms with Gasteiger partial charge in [-0.3, -0.25) is 0 Å². The van der Waals surface area contributed by atoms with Crippen LogP contribution in [0.5, 0.6) is 5.75 Å². The summed E-state index contributed by atoms with van der Waals surface area (Å²) in [5.74, 6) is 0.797. The summed E-state index contributed by atoms with van der Waals surface area (Å²) in [4.78, 5) is 0. The third kappa shape index (κ3) is 4.64. The van der Waals surface area contributed by atoms with Crippen molar-refractivity contribution in [1.82, 2.24) is 0 Å². The Hall–Kier alpha value is -1.06. The fraction of sp³-hybridized carbons (Fsp3) is 0.538. The molecule has 0 amide bonds. The van der Waals surface area contributed by atoms with Gasteiger partial charge in [-0.25, -0.2) is 0 Å². The SMILES string of the molecule is CCCc1ccc(OC(C)OCCO)cc1. The molecular formula is C13H20O3. The molecule has 0 radical (unpaired) electrons. The van der Waals surface area contributed by atoms with Gasteiger partial charge in [0.2, 0.25) is 0 Å². The van der Waals surface area contributed by atoms with Crippen molar-refractivity contribution in [3.8, 4) is 5.75 Å². The Morgan fingerprint density at radius 1 is 1.25 bits per heavy atom. The van der Waals surface area contributed by atoms with Crippen molar-refractivity contribution in [2.45, 2.75) is 33.0 Å². The summed E-state index contributed by atoms with van der Waals surface area (Å²) in [7, 11) is 0. The van der Waals surface area contributed by atoms with E-state index in [2.05, 4.69) is 19.1 Å². The van der Waals surface area contributed by atoms with E-state index in [0.29, 0.717) is 6.61 Å². The maximum Gasteiger partial charge on any atom is 0.197 e. The van der Waals surface area contributed by atoms with Gasteiger partial charge in [-0.05, 0) is 31.0 Å². The fourth-order valence-electron chi connectivity index (χ4n) is 1.47. The second-order valence-electron chi connectivity index (χ2n) is 3.67. The maximum absolute atomic E-state index is 8.60. The normalized spacial score (nSPS) is 12.4. The standard InChI is InChI=1S/C13H20O3/c1-3-4-12-5-7-13(8-6-12)16-11(2)15-10-9-14/h5-8,11,14H,3-4,9-10H2,1-2H3. The van der Waals surface area contributed by atoms with Gasteiger partial charge in [0, 0.05) is 0 Å². The van der Waals surface area contributed by atoms with Crippen molar-refractivity contribution in [2.75, 3.05) is 13.2 Å². The Kier molecular flexibility index (Phi) is 5.90. The number of aryl methyl sites for hydroxylation is 1. The largest absolute Gasteiger partial charge is 0.465 e. The van der Waals surface area contributed by atoms with E-state index >= 15 is 0 Å². The number of rotatable bonds is 7. The molecule has 3 nitrogen and oxygen atoms in total. The first-order chi connectivity index (χ1) is 7.76. The van der Waals surface area contributed by atoms with Gasteiger partial charge in [0.25, 0.3) is 0 Å². The molecule has 0 bridgehead atoms. The van der Waals surface area contributed by atoms with Crippen LogP contribution >= 0.6 is 0 Å². The average molecular weight is 224 g/mol. The summed E-state index contributed by atoms with van der Waals surface area (Å²) < 4.78 is 10.7. The Morgan fingerprint density at radius 2 is 1.94 bits per heavy atom. The van der Waals surface area contributed by atoms with Crippen LogP contribution in [0.2, 0.25) is 0 Å². The minimum atomic E-state index is -0.329. The van der Waals surface area contributed by atoms with E-state index in [1.807, 2.05) is 19.1 Å². The van der Waals surface area contributed by atoms with Gasteiger partial charge >= 0.3 is 0 Å². The minimum absolute atomic E-state index is 0.0170. The van der Waals surface area contributed by atoms with Crippen molar-refractivity contribution in [2.24, 2.45) is 0 Å². The molecule has 0 heterocycles. The zero-order valence-electron chi connectivity index (χ0n) is 9.98. The van der Waals surface area contributed by atoms with E-state index in [0.717, 1.165) is 18.6 Å². The summed E-state index contributed by atoms with van der Waals surface area (Å²) in [6.45, 7) is 4.29. The van der Waals surface area contributed by atoms with Crippen molar-refractivity contribution < 1.29 is 14.6 Å². The quantitative estimate of drug-likeness (QED) is 0.723.